The number of carbonyl (C=O) groups excluding carboxylic acids is 2. The number of nitrogens with one attached hydrogen (secondary N) is 2. The van der Waals surface area contributed by atoms with Crippen molar-refractivity contribution in [3.8, 4) is 5.75 Å². The van der Waals surface area contributed by atoms with E-state index in [1.807, 2.05) is 24.3 Å². The van der Waals surface area contributed by atoms with Crippen LogP contribution in [0, 0.1) is 5.82 Å². The fraction of sp³-hybridized carbons (Fsp3) is 0.0385. The maximum atomic E-state index is 13.8. The summed E-state index contributed by atoms with van der Waals surface area (Å²) >= 11 is 3.12. The number of rotatable bonds is 6. The van der Waals surface area contributed by atoms with Gasteiger partial charge in [0.1, 0.15) is 18.2 Å². The van der Waals surface area contributed by atoms with Gasteiger partial charge >= 0.3 is 11.8 Å². The van der Waals surface area contributed by atoms with Gasteiger partial charge in [-0.05, 0) is 64.4 Å². The van der Waals surface area contributed by atoms with Gasteiger partial charge in [-0.1, -0.05) is 58.4 Å². The molecule has 2 N–H and O–H groups in total. The van der Waals surface area contributed by atoms with Crippen LogP contribution in [0.5, 0.6) is 5.75 Å². The minimum Gasteiger partial charge on any atom is -0.489 e. The second-order valence-corrected chi connectivity index (χ2v) is 8.19. The average Bonchev–Trinajstić information content (AvgIpc) is 2.85. The summed E-state index contributed by atoms with van der Waals surface area (Å²) in [4.78, 5) is 23.8. The molecule has 0 aliphatic carbocycles. The molecule has 0 saturated heterocycles. The van der Waals surface area contributed by atoms with E-state index in [1.54, 1.807) is 30.3 Å². The number of benzene rings is 4. The average molecular weight is 520 g/mol. The van der Waals surface area contributed by atoms with Crippen molar-refractivity contribution in [1.82, 2.24) is 5.43 Å². The summed E-state index contributed by atoms with van der Waals surface area (Å²) in [5.74, 6) is -2.03. The first kappa shape index (κ1) is 23.1. The zero-order valence-electron chi connectivity index (χ0n) is 17.8. The van der Waals surface area contributed by atoms with Crippen LogP contribution in [-0.4, -0.2) is 18.0 Å². The first-order valence-corrected chi connectivity index (χ1v) is 11.1. The molecule has 0 unspecified atom stereocenters. The van der Waals surface area contributed by atoms with Crippen LogP contribution >= 0.6 is 15.9 Å². The number of hydrogen-bond donors (Lipinski definition) is 2. The molecule has 8 heteroatoms. The maximum Gasteiger partial charge on any atom is 0.329 e. The lowest BCUT2D eigenvalue weighted by Crippen LogP contribution is -2.32. The van der Waals surface area contributed by atoms with Gasteiger partial charge in [0.15, 0.2) is 0 Å². The standard InChI is InChI=1S/C26H19BrFN3O3/c27-20-10-13-24(23(28)14-20)30-25(32)26(33)31-29-15-17-8-11-21(12-9-17)34-16-19-6-3-5-18-4-1-2-7-22(18)19/h1-15H,16H2,(H,30,32)(H,31,33)/b29-15+. The third-order valence-corrected chi connectivity index (χ3v) is 5.41. The minimum atomic E-state index is -1.03. The van der Waals surface area contributed by atoms with Crippen LogP contribution in [0.25, 0.3) is 10.8 Å². The number of halogens is 2. The Balaban J connectivity index is 1.29. The number of nitrogens with zero attached hydrogens (tertiary/aromatic N) is 1. The van der Waals surface area contributed by atoms with Crippen LogP contribution in [-0.2, 0) is 16.2 Å². The molecule has 0 aromatic heterocycles. The Kier molecular flexibility index (Phi) is 7.29. The topological polar surface area (TPSA) is 79.8 Å². The van der Waals surface area contributed by atoms with Crippen molar-refractivity contribution in [2.45, 2.75) is 6.61 Å². The van der Waals surface area contributed by atoms with Crippen molar-refractivity contribution in [2.75, 3.05) is 5.32 Å². The predicted molar refractivity (Wildman–Crippen MR) is 133 cm³/mol. The quantitative estimate of drug-likeness (QED) is 0.203. The van der Waals surface area contributed by atoms with Gasteiger partial charge in [0, 0.05) is 4.47 Å². The van der Waals surface area contributed by atoms with Gasteiger partial charge < -0.3 is 10.1 Å². The van der Waals surface area contributed by atoms with Gasteiger partial charge in [0.2, 0.25) is 0 Å². The van der Waals surface area contributed by atoms with Crippen molar-refractivity contribution >= 4 is 50.4 Å². The van der Waals surface area contributed by atoms with Crippen molar-refractivity contribution in [2.24, 2.45) is 5.10 Å². The van der Waals surface area contributed by atoms with E-state index in [0.717, 1.165) is 16.3 Å². The molecule has 4 aromatic carbocycles. The van der Waals surface area contributed by atoms with Crippen LogP contribution in [0.3, 0.4) is 0 Å². The number of anilines is 1. The monoisotopic (exact) mass is 519 g/mol. The van der Waals surface area contributed by atoms with Gasteiger partial charge in [-0.2, -0.15) is 5.10 Å². The number of hydrazone groups is 1. The minimum absolute atomic E-state index is 0.105. The fourth-order valence-electron chi connectivity index (χ4n) is 3.22. The van der Waals surface area contributed by atoms with E-state index in [-0.39, 0.29) is 5.69 Å². The van der Waals surface area contributed by atoms with E-state index >= 15 is 0 Å². The van der Waals surface area contributed by atoms with E-state index in [2.05, 4.69) is 50.0 Å². The molecular weight excluding hydrogens is 501 g/mol. The first-order chi connectivity index (χ1) is 16.5. The molecule has 0 bridgehead atoms. The highest BCUT2D eigenvalue weighted by Crippen LogP contribution is 2.21. The molecule has 0 aliphatic rings. The lowest BCUT2D eigenvalue weighted by Gasteiger charge is -2.09. The van der Waals surface area contributed by atoms with Crippen LogP contribution < -0.4 is 15.5 Å². The molecule has 6 nitrogen and oxygen atoms in total. The van der Waals surface area contributed by atoms with Gasteiger partial charge in [-0.3, -0.25) is 9.59 Å². The summed E-state index contributed by atoms with van der Waals surface area (Å²) in [7, 11) is 0. The molecule has 0 fully saturated rings. The number of fused-ring (bicyclic) bond motifs is 1. The van der Waals surface area contributed by atoms with E-state index in [1.165, 1.54) is 18.3 Å². The lowest BCUT2D eigenvalue weighted by molar-refractivity contribution is -0.136. The molecule has 2 amide bonds. The molecule has 0 heterocycles. The van der Waals surface area contributed by atoms with Gasteiger partial charge in [-0.25, -0.2) is 9.82 Å². The summed E-state index contributed by atoms with van der Waals surface area (Å²) in [5, 5.41) is 8.27. The van der Waals surface area contributed by atoms with Crippen LogP contribution in [0.2, 0.25) is 0 Å². The van der Waals surface area contributed by atoms with E-state index in [0.29, 0.717) is 22.4 Å². The Morgan fingerprint density at radius 1 is 0.941 bits per heavy atom. The third kappa shape index (κ3) is 5.85. The Labute approximate surface area is 203 Å². The Morgan fingerprint density at radius 3 is 2.50 bits per heavy atom. The first-order valence-electron chi connectivity index (χ1n) is 10.3. The van der Waals surface area contributed by atoms with Crippen molar-refractivity contribution < 1.29 is 18.7 Å². The lowest BCUT2D eigenvalue weighted by atomic mass is 10.1. The summed E-state index contributed by atoms with van der Waals surface area (Å²) in [6.07, 6.45) is 1.39. The number of amides is 2. The highest BCUT2D eigenvalue weighted by atomic mass is 79.9. The van der Waals surface area contributed by atoms with Crippen molar-refractivity contribution in [3.05, 3.63) is 106 Å². The predicted octanol–water partition coefficient (Wildman–Crippen LogP) is 5.41. The van der Waals surface area contributed by atoms with Gasteiger partial charge in [0.05, 0.1) is 11.9 Å². The molecule has 34 heavy (non-hydrogen) atoms. The van der Waals surface area contributed by atoms with Crippen LogP contribution in [0.1, 0.15) is 11.1 Å². The van der Waals surface area contributed by atoms with Gasteiger partial charge in [0.25, 0.3) is 0 Å². The normalized spacial score (nSPS) is 10.9. The van der Waals surface area contributed by atoms with E-state index in [9.17, 15) is 14.0 Å². The smallest absolute Gasteiger partial charge is 0.329 e. The van der Waals surface area contributed by atoms with Crippen LogP contribution in [0.4, 0.5) is 10.1 Å². The molecule has 0 atom stereocenters. The number of ether oxygens (including phenoxy) is 1. The maximum absolute atomic E-state index is 13.8. The molecular formula is C26H19BrFN3O3. The molecule has 0 spiro atoms. The van der Waals surface area contributed by atoms with E-state index < -0.39 is 17.6 Å². The number of hydrogen-bond acceptors (Lipinski definition) is 4. The number of carbonyl (C=O) groups is 2. The highest BCUT2D eigenvalue weighted by molar-refractivity contribution is 9.10. The second kappa shape index (κ2) is 10.7. The fourth-order valence-corrected chi connectivity index (χ4v) is 3.55. The highest BCUT2D eigenvalue weighted by Gasteiger charge is 2.15. The third-order valence-electron chi connectivity index (χ3n) is 4.92. The Hall–Kier alpha value is -4.04. The van der Waals surface area contributed by atoms with Crippen molar-refractivity contribution in [3.63, 3.8) is 0 Å². The SMILES string of the molecule is O=C(N/N=C/c1ccc(OCc2cccc3ccccc23)cc1)C(=O)Nc1ccc(Br)cc1F. The molecule has 0 saturated carbocycles. The molecule has 0 radical (unpaired) electrons. The zero-order valence-corrected chi connectivity index (χ0v) is 19.4. The summed E-state index contributed by atoms with van der Waals surface area (Å²) < 4.78 is 20.2. The molecule has 0 aliphatic heterocycles. The Bertz CT molecular complexity index is 1370. The summed E-state index contributed by atoms with van der Waals surface area (Å²) in [6, 6.07) is 25.4. The largest absolute Gasteiger partial charge is 0.489 e. The zero-order chi connectivity index (χ0) is 23.9. The summed E-state index contributed by atoms with van der Waals surface area (Å²) in [6.45, 7) is 0.429. The molecule has 4 rings (SSSR count). The van der Waals surface area contributed by atoms with Crippen molar-refractivity contribution in [1.29, 1.82) is 0 Å². The van der Waals surface area contributed by atoms with E-state index in [4.69, 9.17) is 4.74 Å². The Morgan fingerprint density at radius 2 is 1.71 bits per heavy atom. The molecule has 170 valence electrons. The van der Waals surface area contributed by atoms with Gasteiger partial charge in [-0.15, -0.1) is 0 Å². The summed E-state index contributed by atoms with van der Waals surface area (Å²) in [5.41, 5.74) is 3.79. The van der Waals surface area contributed by atoms with Crippen LogP contribution in [0.15, 0.2) is 94.5 Å². The second-order valence-electron chi connectivity index (χ2n) is 7.27. The molecule has 4 aromatic rings.